The second kappa shape index (κ2) is 10.1. The Morgan fingerprint density at radius 2 is 1.87 bits per heavy atom. The average Bonchev–Trinajstić information content (AvgIpc) is 3.14. The normalized spacial score (nSPS) is 15.7. The Morgan fingerprint density at radius 1 is 1.23 bits per heavy atom. The van der Waals surface area contributed by atoms with Crippen LogP contribution in [0.5, 0.6) is 0 Å². The standard InChI is InChI=1S/C19H24ClF3N4O3/c1-11(17(29)26-18(30)25-12-5-3-4-6-12)27(2)10-16(28)24-13-7-8-15(20)14(9-13)19(21,22)23/h7-9,11-12H,3-6,10H2,1-2H3,(H,24,28)(H2,25,26,29,30)/t11-/m0/s1. The van der Waals surface area contributed by atoms with Crippen LogP contribution < -0.4 is 16.0 Å². The van der Waals surface area contributed by atoms with Gasteiger partial charge in [-0.15, -0.1) is 0 Å². The molecule has 0 aromatic heterocycles. The number of urea groups is 1. The summed E-state index contributed by atoms with van der Waals surface area (Å²) >= 11 is 5.56. The van der Waals surface area contributed by atoms with Crippen LogP contribution in [0.25, 0.3) is 0 Å². The molecule has 0 heterocycles. The molecule has 1 aliphatic carbocycles. The molecular formula is C19H24ClF3N4O3. The molecule has 1 aromatic carbocycles. The van der Waals surface area contributed by atoms with Gasteiger partial charge in [-0.3, -0.25) is 19.8 Å². The van der Waals surface area contributed by atoms with E-state index in [2.05, 4.69) is 16.0 Å². The smallest absolute Gasteiger partial charge is 0.335 e. The fourth-order valence-corrected chi connectivity index (χ4v) is 3.32. The molecule has 1 aromatic rings. The number of nitrogens with zero attached hydrogens (tertiary/aromatic N) is 1. The summed E-state index contributed by atoms with van der Waals surface area (Å²) in [6.07, 6.45) is -0.841. The average molecular weight is 449 g/mol. The maximum atomic E-state index is 12.9. The lowest BCUT2D eigenvalue weighted by Gasteiger charge is -2.23. The maximum Gasteiger partial charge on any atom is 0.417 e. The molecule has 166 valence electrons. The molecular weight excluding hydrogens is 425 g/mol. The summed E-state index contributed by atoms with van der Waals surface area (Å²) in [5.74, 6) is -1.21. The van der Waals surface area contributed by atoms with Gasteiger partial charge in [0.2, 0.25) is 11.8 Å². The number of benzene rings is 1. The molecule has 0 spiro atoms. The monoisotopic (exact) mass is 448 g/mol. The highest BCUT2D eigenvalue weighted by atomic mass is 35.5. The molecule has 0 unspecified atom stereocenters. The van der Waals surface area contributed by atoms with E-state index in [9.17, 15) is 27.6 Å². The SMILES string of the molecule is C[C@@H](C(=O)NC(=O)NC1CCCC1)N(C)CC(=O)Nc1ccc(Cl)c(C(F)(F)F)c1. The number of alkyl halides is 3. The molecule has 1 atom stereocenters. The first-order valence-corrected chi connectivity index (χ1v) is 9.83. The van der Waals surface area contributed by atoms with Crippen molar-refractivity contribution in [3.05, 3.63) is 28.8 Å². The number of carbonyl (C=O) groups is 3. The molecule has 0 radical (unpaired) electrons. The minimum Gasteiger partial charge on any atom is -0.335 e. The molecule has 2 rings (SSSR count). The van der Waals surface area contributed by atoms with Crippen LogP contribution in [0.3, 0.4) is 0 Å². The molecule has 0 aliphatic heterocycles. The fraction of sp³-hybridized carbons (Fsp3) is 0.526. The molecule has 30 heavy (non-hydrogen) atoms. The molecule has 11 heteroatoms. The largest absolute Gasteiger partial charge is 0.417 e. The zero-order valence-electron chi connectivity index (χ0n) is 16.6. The molecule has 1 saturated carbocycles. The highest BCUT2D eigenvalue weighted by molar-refractivity contribution is 6.31. The highest BCUT2D eigenvalue weighted by Gasteiger charge is 2.33. The van der Waals surface area contributed by atoms with Gasteiger partial charge in [0.25, 0.3) is 0 Å². The van der Waals surface area contributed by atoms with Crippen LogP contribution in [0.1, 0.15) is 38.2 Å². The quantitative estimate of drug-likeness (QED) is 0.622. The maximum absolute atomic E-state index is 12.9. The number of likely N-dealkylation sites (N-methyl/N-ethyl adjacent to an activating group) is 1. The van der Waals surface area contributed by atoms with Gasteiger partial charge in [0.15, 0.2) is 0 Å². The predicted molar refractivity (Wildman–Crippen MR) is 106 cm³/mol. The van der Waals surface area contributed by atoms with Gasteiger partial charge < -0.3 is 10.6 Å². The van der Waals surface area contributed by atoms with Crippen LogP contribution >= 0.6 is 11.6 Å². The number of amides is 4. The Morgan fingerprint density at radius 3 is 2.47 bits per heavy atom. The molecule has 4 amide bonds. The summed E-state index contributed by atoms with van der Waals surface area (Å²) in [5.41, 5.74) is -1.13. The minimum atomic E-state index is -4.65. The summed E-state index contributed by atoms with van der Waals surface area (Å²) in [6, 6.07) is 1.68. The Kier molecular flexibility index (Phi) is 8.08. The van der Waals surface area contributed by atoms with Crippen LogP contribution in [0.2, 0.25) is 5.02 Å². The number of rotatable bonds is 6. The topological polar surface area (TPSA) is 90.5 Å². The molecule has 0 saturated heterocycles. The zero-order chi connectivity index (χ0) is 22.5. The van der Waals surface area contributed by atoms with Gasteiger partial charge in [0.05, 0.1) is 23.2 Å². The van der Waals surface area contributed by atoms with E-state index in [0.717, 1.165) is 37.8 Å². The molecule has 0 bridgehead atoms. The first kappa shape index (κ1) is 23.9. The van der Waals surface area contributed by atoms with Crippen molar-refractivity contribution in [2.24, 2.45) is 0 Å². The van der Waals surface area contributed by atoms with Crippen molar-refractivity contribution in [2.75, 3.05) is 18.9 Å². The summed E-state index contributed by atoms with van der Waals surface area (Å²) in [6.45, 7) is 1.23. The van der Waals surface area contributed by atoms with Gasteiger partial charge in [-0.05, 0) is 45.0 Å². The van der Waals surface area contributed by atoms with E-state index >= 15 is 0 Å². The molecule has 1 fully saturated rings. The van der Waals surface area contributed by atoms with Gasteiger partial charge in [-0.25, -0.2) is 4.79 Å². The Labute approximate surface area is 177 Å². The van der Waals surface area contributed by atoms with E-state index in [1.54, 1.807) is 0 Å². The second-order valence-corrected chi connectivity index (χ2v) is 7.68. The van der Waals surface area contributed by atoms with Crippen molar-refractivity contribution in [1.29, 1.82) is 0 Å². The van der Waals surface area contributed by atoms with Crippen LogP contribution in [0.4, 0.5) is 23.7 Å². The van der Waals surface area contributed by atoms with Crippen molar-refractivity contribution in [3.63, 3.8) is 0 Å². The van der Waals surface area contributed by atoms with Crippen molar-refractivity contribution < 1.29 is 27.6 Å². The molecule has 3 N–H and O–H groups in total. The Balaban J connectivity index is 1.87. The fourth-order valence-electron chi connectivity index (χ4n) is 3.09. The predicted octanol–water partition coefficient (Wildman–Crippen LogP) is 3.39. The number of hydrogen-bond acceptors (Lipinski definition) is 4. The lowest BCUT2D eigenvalue weighted by Crippen LogP contribution is -2.51. The van der Waals surface area contributed by atoms with Crippen LogP contribution in [0.15, 0.2) is 18.2 Å². The van der Waals surface area contributed by atoms with E-state index in [0.29, 0.717) is 0 Å². The van der Waals surface area contributed by atoms with Crippen LogP contribution in [-0.2, 0) is 15.8 Å². The van der Waals surface area contributed by atoms with Gasteiger partial charge >= 0.3 is 12.2 Å². The third-order valence-corrected chi connectivity index (χ3v) is 5.25. The van der Waals surface area contributed by atoms with Crippen molar-refractivity contribution in [2.45, 2.75) is 50.9 Å². The molecule has 1 aliphatic rings. The first-order chi connectivity index (χ1) is 14.0. The van der Waals surface area contributed by atoms with E-state index in [-0.39, 0.29) is 18.3 Å². The van der Waals surface area contributed by atoms with Crippen LogP contribution in [-0.4, -0.2) is 48.4 Å². The number of imide groups is 1. The van der Waals surface area contributed by atoms with E-state index in [1.807, 2.05) is 0 Å². The van der Waals surface area contributed by atoms with Crippen molar-refractivity contribution in [3.8, 4) is 0 Å². The molecule has 7 nitrogen and oxygen atoms in total. The van der Waals surface area contributed by atoms with E-state index in [1.165, 1.54) is 24.9 Å². The summed E-state index contributed by atoms with van der Waals surface area (Å²) in [7, 11) is 1.49. The van der Waals surface area contributed by atoms with Crippen LogP contribution in [0, 0.1) is 0 Å². The first-order valence-electron chi connectivity index (χ1n) is 9.45. The highest BCUT2D eigenvalue weighted by Crippen LogP contribution is 2.36. The second-order valence-electron chi connectivity index (χ2n) is 7.28. The number of hydrogen-bond donors (Lipinski definition) is 3. The van der Waals surface area contributed by atoms with Gasteiger partial charge in [-0.1, -0.05) is 24.4 Å². The summed E-state index contributed by atoms with van der Waals surface area (Å²) in [4.78, 5) is 37.7. The third kappa shape index (κ3) is 6.88. The number of nitrogens with one attached hydrogen (secondary N) is 3. The Bertz CT molecular complexity index is 798. The summed E-state index contributed by atoms with van der Waals surface area (Å²) in [5, 5.41) is 6.84. The van der Waals surface area contributed by atoms with E-state index in [4.69, 9.17) is 11.6 Å². The summed E-state index contributed by atoms with van der Waals surface area (Å²) < 4.78 is 38.8. The van der Waals surface area contributed by atoms with Crippen molar-refractivity contribution >= 4 is 35.1 Å². The van der Waals surface area contributed by atoms with Gasteiger partial charge in [-0.2, -0.15) is 13.2 Å². The van der Waals surface area contributed by atoms with E-state index < -0.39 is 40.6 Å². The lowest BCUT2D eigenvalue weighted by molar-refractivity contribution is -0.137. The van der Waals surface area contributed by atoms with Gasteiger partial charge in [0.1, 0.15) is 0 Å². The number of halogens is 4. The number of anilines is 1. The third-order valence-electron chi connectivity index (χ3n) is 4.92. The van der Waals surface area contributed by atoms with Crippen molar-refractivity contribution in [1.82, 2.24) is 15.5 Å². The number of carbonyl (C=O) groups excluding carboxylic acids is 3. The zero-order valence-corrected chi connectivity index (χ0v) is 17.4. The van der Waals surface area contributed by atoms with Gasteiger partial charge in [0, 0.05) is 11.7 Å². The minimum absolute atomic E-state index is 0.0533. The Hall–Kier alpha value is -2.33. The lowest BCUT2D eigenvalue weighted by atomic mass is 10.2.